The van der Waals surface area contributed by atoms with E-state index >= 15 is 0 Å². The Morgan fingerprint density at radius 1 is 1.41 bits per heavy atom. The van der Waals surface area contributed by atoms with Crippen molar-refractivity contribution < 1.29 is 29.0 Å². The topological polar surface area (TPSA) is 274 Å². The van der Waals surface area contributed by atoms with Crippen molar-refractivity contribution in [2.75, 3.05) is 42.3 Å². The number of amides is 2. The zero-order valence-corrected chi connectivity index (χ0v) is 23.7. The van der Waals surface area contributed by atoms with E-state index in [2.05, 4.69) is 19.8 Å². The Hall–Kier alpha value is -4.43. The summed E-state index contributed by atoms with van der Waals surface area (Å²) in [5, 5.41) is 23.7. The second-order valence-corrected chi connectivity index (χ2v) is 10.8. The van der Waals surface area contributed by atoms with E-state index in [1.165, 1.54) is 23.8 Å². The fourth-order valence-corrected chi connectivity index (χ4v) is 6.16. The number of nitrogen functional groups attached to an aromatic ring is 2. The van der Waals surface area contributed by atoms with E-state index in [0.29, 0.717) is 36.6 Å². The molecule has 20 heteroatoms. The van der Waals surface area contributed by atoms with Crippen LogP contribution in [0.5, 0.6) is 0 Å². The largest absolute Gasteiger partial charge is 0.477 e. The van der Waals surface area contributed by atoms with Crippen LogP contribution in [0.3, 0.4) is 0 Å². The van der Waals surface area contributed by atoms with Crippen LogP contribution in [0.25, 0.3) is 0 Å². The number of β-lactam (4-membered cyclic amide) rings is 1. The smallest absolute Gasteiger partial charge is 0.352 e. The zero-order valence-electron chi connectivity index (χ0n) is 22.1. The molecule has 2 amide bonds. The normalized spacial score (nSPS) is 18.6. The van der Waals surface area contributed by atoms with Gasteiger partial charge in [-0.3, -0.25) is 19.9 Å². The van der Waals surface area contributed by atoms with Gasteiger partial charge in [0.15, 0.2) is 29.1 Å². The predicted molar refractivity (Wildman–Crippen MR) is 151 cm³/mol. The first-order valence-corrected chi connectivity index (χ1v) is 13.9. The third-order valence-electron chi connectivity index (χ3n) is 6.38. The van der Waals surface area contributed by atoms with Crippen LogP contribution in [-0.2, 0) is 32.8 Å². The zero-order chi connectivity index (χ0) is 30.0. The van der Waals surface area contributed by atoms with Crippen molar-refractivity contribution in [3.63, 3.8) is 0 Å². The van der Waals surface area contributed by atoms with E-state index in [1.807, 2.05) is 0 Å². The minimum absolute atomic E-state index is 0.0650. The van der Waals surface area contributed by atoms with Crippen LogP contribution in [0.1, 0.15) is 12.2 Å². The third-order valence-corrected chi connectivity index (χ3v) is 8.26. The Morgan fingerprint density at radius 3 is 2.73 bits per heavy atom. The molecule has 0 bridgehead atoms. The fourth-order valence-electron chi connectivity index (χ4n) is 4.39. The third kappa shape index (κ3) is 5.60. The summed E-state index contributed by atoms with van der Waals surface area (Å²) >= 11 is 2.16. The Labute approximate surface area is 241 Å². The lowest BCUT2D eigenvalue weighted by Crippen LogP contribution is -2.71. The number of carboxylic acid groups (broad SMARTS) is 1. The Bertz CT molecular complexity index is 1450. The number of hydrogen-bond acceptors (Lipinski definition) is 13. The van der Waals surface area contributed by atoms with Crippen molar-refractivity contribution >= 4 is 69.4 Å². The van der Waals surface area contributed by atoms with Gasteiger partial charge in [0.05, 0.1) is 7.05 Å². The van der Waals surface area contributed by atoms with Crippen LogP contribution >= 0.6 is 23.3 Å². The van der Waals surface area contributed by atoms with Gasteiger partial charge in [0.2, 0.25) is 17.7 Å². The highest BCUT2D eigenvalue weighted by Crippen LogP contribution is 2.40. The summed E-state index contributed by atoms with van der Waals surface area (Å²) in [6.45, 7) is 0.859. The van der Waals surface area contributed by atoms with Gasteiger partial charge in [-0.25, -0.2) is 4.79 Å². The Morgan fingerprint density at radius 2 is 2.15 bits per heavy atom. The molecule has 2 atom stereocenters. The number of oxime groups is 1. The molecule has 0 aromatic carbocycles. The number of aromatic nitrogens is 4. The first-order valence-electron chi connectivity index (χ1n) is 12.1. The lowest BCUT2D eigenvalue weighted by atomic mass is 10.0. The highest BCUT2D eigenvalue weighted by Gasteiger charge is 2.55. The highest BCUT2D eigenvalue weighted by atomic mass is 32.2. The first-order chi connectivity index (χ1) is 19.5. The summed E-state index contributed by atoms with van der Waals surface area (Å²) in [4.78, 5) is 49.8. The number of aliphatic carboxylic acids is 1. The van der Waals surface area contributed by atoms with Gasteiger partial charge < -0.3 is 43.1 Å². The Balaban J connectivity index is 1.56. The molecule has 0 saturated carbocycles. The lowest BCUT2D eigenvalue weighted by Gasteiger charge is -2.49. The quantitative estimate of drug-likeness (QED) is 0.0446. The number of hydrogen-bond donors (Lipinski definition) is 7. The van der Waals surface area contributed by atoms with Gasteiger partial charge >= 0.3 is 5.97 Å². The molecule has 2 aliphatic rings. The molecule has 11 N–H and O–H groups in total. The molecule has 0 aliphatic carbocycles. The van der Waals surface area contributed by atoms with Crippen LogP contribution in [0, 0.1) is 5.41 Å². The van der Waals surface area contributed by atoms with Gasteiger partial charge in [-0.15, -0.1) is 21.1 Å². The highest BCUT2D eigenvalue weighted by molar-refractivity contribution is 8.00. The summed E-state index contributed by atoms with van der Waals surface area (Å²) in [7, 11) is 2.92. The van der Waals surface area contributed by atoms with E-state index in [9.17, 15) is 19.5 Å². The molecule has 1 fully saturated rings. The SMILES string of the molecule is CON=C(C(=O)N[C@@H]1C(=O)N2C(C(=O)O)=C(C[n+]3cc(N(CCCN)C(=N)N)c(N)n3C)CS[C@H]12)c1nsc(N)n1. The number of carbonyl (C=O) groups is 3. The number of guanidine groups is 1. The maximum atomic E-state index is 13.1. The second kappa shape index (κ2) is 12.0. The molecule has 2 aromatic rings. The molecule has 1 saturated heterocycles. The Kier molecular flexibility index (Phi) is 8.63. The van der Waals surface area contributed by atoms with Crippen molar-refractivity contribution in [3.8, 4) is 0 Å². The minimum atomic E-state index is -1.29. The van der Waals surface area contributed by atoms with E-state index < -0.39 is 29.2 Å². The molecule has 220 valence electrons. The van der Waals surface area contributed by atoms with Crippen molar-refractivity contribution in [1.29, 1.82) is 5.41 Å². The first kappa shape index (κ1) is 29.6. The van der Waals surface area contributed by atoms with E-state index in [4.69, 9.17) is 33.2 Å². The second-order valence-electron chi connectivity index (χ2n) is 8.90. The molecule has 2 aliphatic heterocycles. The van der Waals surface area contributed by atoms with Crippen LogP contribution in [0.15, 0.2) is 22.6 Å². The number of nitrogens with two attached hydrogens (primary N) is 4. The maximum Gasteiger partial charge on any atom is 0.352 e. The number of rotatable bonds is 11. The van der Waals surface area contributed by atoms with Gasteiger partial charge in [0.25, 0.3) is 11.8 Å². The molecule has 0 unspecified atom stereocenters. The van der Waals surface area contributed by atoms with Crippen molar-refractivity contribution in [2.24, 2.45) is 23.7 Å². The average molecular weight is 609 g/mol. The van der Waals surface area contributed by atoms with Gasteiger partial charge in [-0.2, -0.15) is 9.36 Å². The predicted octanol–water partition coefficient (Wildman–Crippen LogP) is -2.83. The molecule has 4 rings (SSSR count). The number of thioether (sulfide) groups is 1. The number of anilines is 3. The minimum Gasteiger partial charge on any atom is -0.477 e. The van der Waals surface area contributed by atoms with Crippen LogP contribution in [0.2, 0.25) is 0 Å². The van der Waals surface area contributed by atoms with Gasteiger partial charge in [0.1, 0.15) is 24.2 Å². The van der Waals surface area contributed by atoms with Gasteiger partial charge in [0, 0.05) is 29.4 Å². The van der Waals surface area contributed by atoms with E-state index in [0.717, 1.165) is 16.4 Å². The maximum absolute atomic E-state index is 13.1. The standard InChI is InChI=1S/C21H29N13O5S2/c1-31-14(23)10(33(20(24)25)5-3-4-22)7-32(31)6-9-8-40-18-12(17(36)34(18)13(9)19(37)38)27-16(35)11(29-39-2)15-28-21(26)41-30-15/h7,12,18,23H,3-6,8,22H2,1-2H3,(H7,24,25,26,27,28,30,35,37,38)/p+1/t12-,18-/m1/s1. The summed E-state index contributed by atoms with van der Waals surface area (Å²) in [6, 6.07) is -1.02. The molecule has 41 heavy (non-hydrogen) atoms. The monoisotopic (exact) mass is 608 g/mol. The molecule has 4 heterocycles. The number of carbonyl (C=O) groups excluding carboxylic acids is 2. The average Bonchev–Trinajstić information content (AvgIpc) is 3.48. The van der Waals surface area contributed by atoms with Crippen LogP contribution in [-0.4, -0.2) is 90.9 Å². The summed E-state index contributed by atoms with van der Waals surface area (Å²) in [6.07, 6.45) is 2.23. The van der Waals surface area contributed by atoms with E-state index in [1.54, 1.807) is 22.6 Å². The van der Waals surface area contributed by atoms with Gasteiger partial charge in [-0.1, -0.05) is 5.16 Å². The fraction of sp³-hybridized carbons (Fsp3) is 0.429. The van der Waals surface area contributed by atoms with Crippen molar-refractivity contribution in [2.45, 2.75) is 24.4 Å². The lowest BCUT2D eigenvalue weighted by molar-refractivity contribution is -0.765. The van der Waals surface area contributed by atoms with Gasteiger partial charge in [-0.05, 0) is 13.0 Å². The number of nitrogens with one attached hydrogen (secondary N) is 2. The van der Waals surface area contributed by atoms with E-state index in [-0.39, 0.29) is 40.6 Å². The number of carboxylic acids is 1. The molecule has 18 nitrogen and oxygen atoms in total. The molecule has 0 radical (unpaired) electrons. The summed E-state index contributed by atoms with van der Waals surface area (Å²) < 4.78 is 7.23. The van der Waals surface area contributed by atoms with Crippen LogP contribution in [0.4, 0.5) is 16.6 Å². The summed E-state index contributed by atoms with van der Waals surface area (Å²) in [5.74, 6) is -2.38. The van der Waals surface area contributed by atoms with Crippen molar-refractivity contribution in [1.82, 2.24) is 24.3 Å². The number of nitrogens with zero attached hydrogens (tertiary/aromatic N) is 7. The molecular weight excluding hydrogens is 578 g/mol. The molecule has 0 spiro atoms. The molecular formula is C21H30N13O5S2+. The van der Waals surface area contributed by atoms with Crippen molar-refractivity contribution in [3.05, 3.63) is 23.3 Å². The number of fused-ring (bicyclic) bond motifs is 1. The molecule has 2 aromatic heterocycles. The summed E-state index contributed by atoms with van der Waals surface area (Å²) in [5.41, 5.74) is 23.7. The van der Waals surface area contributed by atoms with Crippen LogP contribution < -0.4 is 37.8 Å².